The summed E-state index contributed by atoms with van der Waals surface area (Å²) in [4.78, 5) is 0. The van der Waals surface area contributed by atoms with Crippen LogP contribution in [-0.2, 0) is 10.0 Å². The molecule has 2 atom stereocenters. The van der Waals surface area contributed by atoms with Gasteiger partial charge in [0.15, 0.2) is 0 Å². The van der Waals surface area contributed by atoms with Gasteiger partial charge in [0, 0.05) is 6.04 Å². The fourth-order valence-corrected chi connectivity index (χ4v) is 4.67. The number of nitrogens with one attached hydrogen (secondary N) is 1. The fraction of sp³-hybridized carbons (Fsp3) is 1.00. The molecule has 1 N–H and O–H groups in total. The summed E-state index contributed by atoms with van der Waals surface area (Å²) in [5, 5.41) is -0.103. The third-order valence-electron chi connectivity index (χ3n) is 3.77. The predicted molar refractivity (Wildman–Crippen MR) is 61.1 cm³/mol. The van der Waals surface area contributed by atoms with Gasteiger partial charge < -0.3 is 0 Å². The van der Waals surface area contributed by atoms with Crippen molar-refractivity contribution in [3.8, 4) is 0 Å². The van der Waals surface area contributed by atoms with Gasteiger partial charge in [-0.3, -0.25) is 0 Å². The lowest BCUT2D eigenvalue weighted by molar-refractivity contribution is 0.527. The average Bonchev–Trinajstić information content (AvgIpc) is 2.75. The van der Waals surface area contributed by atoms with E-state index in [-0.39, 0.29) is 11.3 Å². The standard InChI is InChI=1S/C11H21NO2S/c1-9-6-7-10(8-9)12-15(13,14)11-4-2-3-5-11/h9-12H,2-8H2,1H3. The zero-order valence-corrected chi connectivity index (χ0v) is 10.2. The minimum atomic E-state index is -3.02. The summed E-state index contributed by atoms with van der Waals surface area (Å²) in [6, 6.07) is 0.214. The maximum absolute atomic E-state index is 12.0. The smallest absolute Gasteiger partial charge is 0.212 e. The van der Waals surface area contributed by atoms with E-state index in [1.807, 2.05) is 0 Å². The first-order valence-corrected chi connectivity index (χ1v) is 7.63. The first-order chi connectivity index (χ1) is 7.08. The van der Waals surface area contributed by atoms with Crippen molar-refractivity contribution in [3.05, 3.63) is 0 Å². The summed E-state index contributed by atoms with van der Waals surface area (Å²) in [5.41, 5.74) is 0. The van der Waals surface area contributed by atoms with Gasteiger partial charge in [0.1, 0.15) is 0 Å². The summed E-state index contributed by atoms with van der Waals surface area (Å²) in [7, 11) is -3.02. The molecule has 0 amide bonds. The summed E-state index contributed by atoms with van der Waals surface area (Å²) >= 11 is 0. The van der Waals surface area contributed by atoms with E-state index in [9.17, 15) is 8.42 Å². The van der Waals surface area contributed by atoms with Crippen LogP contribution in [0.2, 0.25) is 0 Å². The highest BCUT2D eigenvalue weighted by Crippen LogP contribution is 2.28. The minimum absolute atomic E-state index is 0.103. The van der Waals surface area contributed by atoms with Crippen LogP contribution in [0.5, 0.6) is 0 Å². The Morgan fingerprint density at radius 1 is 1.07 bits per heavy atom. The van der Waals surface area contributed by atoms with Crippen LogP contribution in [-0.4, -0.2) is 19.7 Å². The first-order valence-electron chi connectivity index (χ1n) is 6.09. The molecule has 0 aromatic rings. The summed E-state index contributed by atoms with van der Waals surface area (Å²) in [6.07, 6.45) is 7.07. The van der Waals surface area contributed by atoms with Crippen molar-refractivity contribution < 1.29 is 8.42 Å². The van der Waals surface area contributed by atoms with Gasteiger partial charge in [-0.25, -0.2) is 13.1 Å². The van der Waals surface area contributed by atoms with Crippen LogP contribution >= 0.6 is 0 Å². The SMILES string of the molecule is CC1CCC(NS(=O)(=O)C2CCCC2)C1. The summed E-state index contributed by atoms with van der Waals surface area (Å²) in [6.45, 7) is 2.20. The van der Waals surface area contributed by atoms with Gasteiger partial charge in [-0.15, -0.1) is 0 Å². The topological polar surface area (TPSA) is 46.2 Å². The highest BCUT2D eigenvalue weighted by molar-refractivity contribution is 7.90. The summed E-state index contributed by atoms with van der Waals surface area (Å²) in [5.74, 6) is 0.682. The Kier molecular flexibility index (Phi) is 3.36. The molecule has 0 heterocycles. The van der Waals surface area contributed by atoms with Crippen LogP contribution in [0.3, 0.4) is 0 Å². The highest BCUT2D eigenvalue weighted by atomic mass is 32.2. The first kappa shape index (κ1) is 11.4. The van der Waals surface area contributed by atoms with Gasteiger partial charge >= 0.3 is 0 Å². The minimum Gasteiger partial charge on any atom is -0.212 e. The maximum Gasteiger partial charge on any atom is 0.214 e. The van der Waals surface area contributed by atoms with E-state index in [0.29, 0.717) is 5.92 Å². The summed E-state index contributed by atoms with van der Waals surface area (Å²) < 4.78 is 26.9. The second-order valence-electron chi connectivity index (χ2n) is 5.18. The Balaban J connectivity index is 1.92. The van der Waals surface area contributed by atoms with E-state index in [2.05, 4.69) is 11.6 Å². The number of hydrogen-bond acceptors (Lipinski definition) is 2. The molecule has 2 fully saturated rings. The number of sulfonamides is 1. The van der Waals surface area contributed by atoms with Crippen LogP contribution in [0.4, 0.5) is 0 Å². The Hall–Kier alpha value is -0.0900. The molecule has 15 heavy (non-hydrogen) atoms. The van der Waals surface area contributed by atoms with E-state index < -0.39 is 10.0 Å². The van der Waals surface area contributed by atoms with Crippen molar-refractivity contribution in [3.63, 3.8) is 0 Å². The molecular weight excluding hydrogens is 210 g/mol. The Morgan fingerprint density at radius 2 is 1.73 bits per heavy atom. The van der Waals surface area contributed by atoms with Crippen LogP contribution < -0.4 is 4.72 Å². The van der Waals surface area contributed by atoms with E-state index in [0.717, 1.165) is 44.9 Å². The fourth-order valence-electron chi connectivity index (χ4n) is 2.84. The molecule has 0 aromatic heterocycles. The second-order valence-corrected chi connectivity index (χ2v) is 7.18. The van der Waals surface area contributed by atoms with Crippen molar-refractivity contribution in [1.82, 2.24) is 4.72 Å². The number of rotatable bonds is 3. The lowest BCUT2D eigenvalue weighted by Gasteiger charge is -2.17. The van der Waals surface area contributed by atoms with Crippen molar-refractivity contribution in [1.29, 1.82) is 0 Å². The molecule has 3 nitrogen and oxygen atoms in total. The predicted octanol–water partition coefficient (Wildman–Crippen LogP) is 2.04. The largest absolute Gasteiger partial charge is 0.214 e. The molecule has 2 unspecified atom stereocenters. The van der Waals surface area contributed by atoms with Crippen molar-refractivity contribution in [2.45, 2.75) is 63.2 Å². The van der Waals surface area contributed by atoms with Crippen LogP contribution in [0.15, 0.2) is 0 Å². The highest BCUT2D eigenvalue weighted by Gasteiger charge is 2.32. The Morgan fingerprint density at radius 3 is 2.27 bits per heavy atom. The zero-order valence-electron chi connectivity index (χ0n) is 9.41. The van der Waals surface area contributed by atoms with Crippen LogP contribution in [0.25, 0.3) is 0 Å². The van der Waals surface area contributed by atoms with Gasteiger partial charge in [-0.2, -0.15) is 0 Å². The monoisotopic (exact) mass is 231 g/mol. The molecule has 4 heteroatoms. The molecule has 0 bridgehead atoms. The Labute approximate surface area is 92.7 Å². The lowest BCUT2D eigenvalue weighted by Crippen LogP contribution is -2.38. The van der Waals surface area contributed by atoms with Gasteiger partial charge in [-0.05, 0) is 38.0 Å². The van der Waals surface area contributed by atoms with Crippen LogP contribution in [0, 0.1) is 5.92 Å². The van der Waals surface area contributed by atoms with Gasteiger partial charge in [0.2, 0.25) is 10.0 Å². The van der Waals surface area contributed by atoms with Gasteiger partial charge in [-0.1, -0.05) is 19.8 Å². The van der Waals surface area contributed by atoms with Crippen LogP contribution in [0.1, 0.15) is 51.9 Å². The third-order valence-corrected chi connectivity index (χ3v) is 5.78. The Bertz CT molecular complexity index is 307. The molecule has 0 saturated heterocycles. The van der Waals surface area contributed by atoms with Crippen molar-refractivity contribution >= 4 is 10.0 Å². The van der Waals surface area contributed by atoms with Gasteiger partial charge in [0.05, 0.1) is 5.25 Å². The normalized spacial score (nSPS) is 33.7. The van der Waals surface area contributed by atoms with E-state index in [1.165, 1.54) is 0 Å². The van der Waals surface area contributed by atoms with E-state index in [4.69, 9.17) is 0 Å². The third kappa shape index (κ3) is 2.72. The molecular formula is C11H21NO2S. The molecule has 88 valence electrons. The van der Waals surface area contributed by atoms with Gasteiger partial charge in [0.25, 0.3) is 0 Å². The van der Waals surface area contributed by atoms with Crippen molar-refractivity contribution in [2.24, 2.45) is 5.92 Å². The second kappa shape index (κ2) is 4.42. The zero-order chi connectivity index (χ0) is 10.9. The van der Waals surface area contributed by atoms with E-state index >= 15 is 0 Å². The quantitative estimate of drug-likeness (QED) is 0.808. The maximum atomic E-state index is 12.0. The molecule has 0 aliphatic heterocycles. The molecule has 0 aromatic carbocycles. The molecule has 2 rings (SSSR count). The number of hydrogen-bond donors (Lipinski definition) is 1. The molecule has 2 aliphatic carbocycles. The van der Waals surface area contributed by atoms with E-state index in [1.54, 1.807) is 0 Å². The molecule has 2 aliphatic rings. The molecule has 0 radical (unpaired) electrons. The average molecular weight is 231 g/mol. The lowest BCUT2D eigenvalue weighted by atomic mass is 10.1. The van der Waals surface area contributed by atoms with Crippen molar-refractivity contribution in [2.75, 3.05) is 0 Å². The molecule has 0 spiro atoms. The molecule has 2 saturated carbocycles.